The third-order valence-electron chi connectivity index (χ3n) is 4.36. The van der Waals surface area contributed by atoms with E-state index >= 15 is 0 Å². The van der Waals surface area contributed by atoms with Crippen molar-refractivity contribution in [2.45, 2.75) is 39.2 Å². The average Bonchev–Trinajstić information content (AvgIpc) is 3.06. The molecule has 6 nitrogen and oxygen atoms in total. The van der Waals surface area contributed by atoms with Gasteiger partial charge in [0.2, 0.25) is 5.91 Å². The van der Waals surface area contributed by atoms with Crippen molar-refractivity contribution < 1.29 is 28.3 Å². The maximum absolute atomic E-state index is 13.9. The Hall–Kier alpha value is -2.32. The first-order chi connectivity index (χ1) is 12.0. The van der Waals surface area contributed by atoms with Gasteiger partial charge in [0, 0.05) is 17.0 Å². The molecule has 26 heavy (non-hydrogen) atoms. The van der Waals surface area contributed by atoms with E-state index in [1.165, 1.54) is 32.0 Å². The number of hydrogen-bond donors (Lipinski definition) is 3. The highest BCUT2D eigenvalue weighted by atomic mass is 19.2. The molecule has 0 saturated carbocycles. The molecule has 0 aliphatic heterocycles. The van der Waals surface area contributed by atoms with E-state index < -0.39 is 34.5 Å². The van der Waals surface area contributed by atoms with Gasteiger partial charge in [0.05, 0.1) is 18.1 Å². The Bertz CT molecular complexity index is 802. The van der Waals surface area contributed by atoms with Crippen LogP contribution in [0.3, 0.4) is 0 Å². The fourth-order valence-corrected chi connectivity index (χ4v) is 2.25. The maximum Gasteiger partial charge on any atom is 0.234 e. The summed E-state index contributed by atoms with van der Waals surface area (Å²) in [6, 6.07) is 4.86. The van der Waals surface area contributed by atoms with Gasteiger partial charge in [-0.3, -0.25) is 4.79 Å². The van der Waals surface area contributed by atoms with E-state index in [4.69, 9.17) is 4.52 Å². The van der Waals surface area contributed by atoms with Gasteiger partial charge in [0.15, 0.2) is 17.5 Å². The third kappa shape index (κ3) is 3.76. The number of aliphatic hydroxyl groups excluding tert-OH is 2. The number of aromatic nitrogens is 1. The molecular formula is C18H22F2N2O4. The van der Waals surface area contributed by atoms with Gasteiger partial charge in [0.1, 0.15) is 5.76 Å². The SMILES string of the molecule is CC(C)(CO)c1cc(NC(=O)C(C)(C)C(O)c2cccc(F)c2F)no1. The topological polar surface area (TPSA) is 95.6 Å². The number of anilines is 1. The Morgan fingerprint density at radius 3 is 2.58 bits per heavy atom. The molecule has 1 heterocycles. The summed E-state index contributed by atoms with van der Waals surface area (Å²) < 4.78 is 32.4. The normalized spacial score (nSPS) is 13.5. The van der Waals surface area contributed by atoms with Gasteiger partial charge in [-0.2, -0.15) is 0 Å². The lowest BCUT2D eigenvalue weighted by atomic mass is 9.81. The van der Waals surface area contributed by atoms with Crippen LogP contribution in [0.25, 0.3) is 0 Å². The van der Waals surface area contributed by atoms with Crippen molar-refractivity contribution in [3.05, 3.63) is 47.2 Å². The fourth-order valence-electron chi connectivity index (χ4n) is 2.25. The second kappa shape index (κ2) is 7.13. The molecule has 0 spiro atoms. The monoisotopic (exact) mass is 368 g/mol. The van der Waals surface area contributed by atoms with Crippen LogP contribution in [0.4, 0.5) is 14.6 Å². The van der Waals surface area contributed by atoms with Crippen molar-refractivity contribution in [2.24, 2.45) is 5.41 Å². The lowest BCUT2D eigenvalue weighted by Crippen LogP contribution is -2.37. The Morgan fingerprint density at radius 2 is 1.96 bits per heavy atom. The molecule has 2 aromatic rings. The van der Waals surface area contributed by atoms with Crippen LogP contribution in [0.2, 0.25) is 0 Å². The van der Waals surface area contributed by atoms with E-state index in [-0.39, 0.29) is 18.0 Å². The summed E-state index contributed by atoms with van der Waals surface area (Å²) in [4.78, 5) is 12.6. The molecule has 1 amide bonds. The molecule has 0 bridgehead atoms. The van der Waals surface area contributed by atoms with Crippen molar-refractivity contribution in [3.63, 3.8) is 0 Å². The van der Waals surface area contributed by atoms with Gasteiger partial charge in [-0.15, -0.1) is 0 Å². The lowest BCUT2D eigenvalue weighted by molar-refractivity contribution is -0.130. The molecule has 0 aliphatic carbocycles. The molecular weight excluding hydrogens is 346 g/mol. The number of nitrogens with one attached hydrogen (secondary N) is 1. The number of rotatable bonds is 6. The predicted molar refractivity (Wildman–Crippen MR) is 90.3 cm³/mol. The molecule has 2 rings (SSSR count). The summed E-state index contributed by atoms with van der Waals surface area (Å²) >= 11 is 0. The number of hydrogen-bond acceptors (Lipinski definition) is 5. The van der Waals surface area contributed by atoms with E-state index in [2.05, 4.69) is 10.5 Å². The summed E-state index contributed by atoms with van der Waals surface area (Å²) in [7, 11) is 0. The average molecular weight is 368 g/mol. The van der Waals surface area contributed by atoms with Crippen molar-refractivity contribution in [1.29, 1.82) is 0 Å². The lowest BCUT2D eigenvalue weighted by Gasteiger charge is -2.29. The Morgan fingerprint density at radius 1 is 1.31 bits per heavy atom. The minimum Gasteiger partial charge on any atom is -0.395 e. The minimum atomic E-state index is -1.58. The van der Waals surface area contributed by atoms with Crippen LogP contribution >= 0.6 is 0 Å². The summed E-state index contributed by atoms with van der Waals surface area (Å²) in [5.41, 5.74) is -2.48. The quantitative estimate of drug-likeness (QED) is 0.729. The van der Waals surface area contributed by atoms with E-state index in [0.29, 0.717) is 5.76 Å². The van der Waals surface area contributed by atoms with Crippen molar-refractivity contribution in [2.75, 3.05) is 11.9 Å². The highest BCUT2D eigenvalue weighted by Gasteiger charge is 2.39. The first-order valence-electron chi connectivity index (χ1n) is 8.02. The molecule has 8 heteroatoms. The molecule has 1 atom stereocenters. The van der Waals surface area contributed by atoms with Crippen LogP contribution in [-0.2, 0) is 10.2 Å². The fraction of sp³-hybridized carbons (Fsp3) is 0.444. The van der Waals surface area contributed by atoms with Crippen LogP contribution in [0.5, 0.6) is 0 Å². The highest BCUT2D eigenvalue weighted by Crippen LogP contribution is 2.36. The van der Waals surface area contributed by atoms with Crippen molar-refractivity contribution in [3.8, 4) is 0 Å². The predicted octanol–water partition coefficient (Wildman–Crippen LogP) is 2.92. The number of benzene rings is 1. The van der Waals surface area contributed by atoms with E-state index in [9.17, 15) is 23.8 Å². The van der Waals surface area contributed by atoms with Gasteiger partial charge < -0.3 is 20.1 Å². The zero-order chi connectivity index (χ0) is 19.7. The zero-order valence-corrected chi connectivity index (χ0v) is 15.0. The summed E-state index contributed by atoms with van der Waals surface area (Å²) in [6.45, 7) is 6.09. The van der Waals surface area contributed by atoms with Gasteiger partial charge in [-0.1, -0.05) is 31.1 Å². The number of halogens is 2. The third-order valence-corrected chi connectivity index (χ3v) is 4.36. The molecule has 0 radical (unpaired) electrons. The molecule has 0 fully saturated rings. The second-order valence-corrected chi connectivity index (χ2v) is 7.34. The van der Waals surface area contributed by atoms with Crippen LogP contribution in [0.1, 0.15) is 45.1 Å². The maximum atomic E-state index is 13.9. The standard InChI is InChI=1S/C18H22F2N2O4/c1-17(2,9-23)12-8-13(22-26-12)21-16(25)18(3,4)15(24)10-6-5-7-11(19)14(10)20/h5-8,15,23-24H,9H2,1-4H3,(H,21,22,25). The molecule has 3 N–H and O–H groups in total. The second-order valence-electron chi connectivity index (χ2n) is 7.34. The summed E-state index contributed by atoms with van der Waals surface area (Å²) in [6.07, 6.45) is -1.58. The molecule has 1 aromatic heterocycles. The number of carbonyl (C=O) groups excluding carboxylic acids is 1. The highest BCUT2D eigenvalue weighted by molar-refractivity contribution is 5.94. The van der Waals surface area contributed by atoms with Crippen molar-refractivity contribution in [1.82, 2.24) is 5.16 Å². The van der Waals surface area contributed by atoms with Crippen molar-refractivity contribution >= 4 is 11.7 Å². The molecule has 0 aliphatic rings. The number of amides is 1. The van der Waals surface area contributed by atoms with Crippen LogP contribution in [-0.4, -0.2) is 27.9 Å². The van der Waals surface area contributed by atoms with Gasteiger partial charge in [0.25, 0.3) is 0 Å². The van der Waals surface area contributed by atoms with E-state index in [0.717, 1.165) is 6.07 Å². The Labute approximate surface area is 149 Å². The summed E-state index contributed by atoms with van der Waals surface area (Å²) in [5.74, 6) is -2.51. The van der Waals surface area contributed by atoms with Crippen LogP contribution < -0.4 is 5.32 Å². The summed E-state index contributed by atoms with van der Waals surface area (Å²) in [5, 5.41) is 26.0. The molecule has 142 valence electrons. The van der Waals surface area contributed by atoms with Gasteiger partial charge in [-0.05, 0) is 19.9 Å². The van der Waals surface area contributed by atoms with Gasteiger partial charge >= 0.3 is 0 Å². The smallest absolute Gasteiger partial charge is 0.234 e. The van der Waals surface area contributed by atoms with E-state index in [1.807, 2.05) is 0 Å². The molecule has 1 aromatic carbocycles. The van der Waals surface area contributed by atoms with Crippen LogP contribution in [0, 0.1) is 17.0 Å². The first-order valence-corrected chi connectivity index (χ1v) is 8.02. The molecule has 0 saturated heterocycles. The molecule has 1 unspecified atom stereocenters. The largest absolute Gasteiger partial charge is 0.395 e. The zero-order valence-electron chi connectivity index (χ0n) is 15.0. The Kier molecular flexibility index (Phi) is 5.48. The van der Waals surface area contributed by atoms with Crippen LogP contribution in [0.15, 0.2) is 28.8 Å². The number of aliphatic hydroxyl groups is 2. The van der Waals surface area contributed by atoms with Gasteiger partial charge in [-0.25, -0.2) is 8.78 Å². The number of carbonyl (C=O) groups is 1. The van der Waals surface area contributed by atoms with E-state index in [1.54, 1.807) is 13.8 Å². The number of nitrogens with zero attached hydrogens (tertiary/aromatic N) is 1. The first kappa shape index (κ1) is 20.0. The minimum absolute atomic E-state index is 0.0894. The Balaban J connectivity index is 2.21.